The van der Waals surface area contributed by atoms with Crippen molar-refractivity contribution in [2.45, 2.75) is 13.3 Å². The van der Waals surface area contributed by atoms with Crippen LogP contribution in [-0.2, 0) is 9.59 Å². The maximum atomic E-state index is 12.5. The first-order valence-corrected chi connectivity index (χ1v) is 13.4. The van der Waals surface area contributed by atoms with E-state index in [1.54, 1.807) is 42.5 Å². The van der Waals surface area contributed by atoms with Gasteiger partial charge in [-0.05, 0) is 66.8 Å². The van der Waals surface area contributed by atoms with Crippen LogP contribution in [-0.4, -0.2) is 48.0 Å². The highest BCUT2D eigenvalue weighted by atomic mass is 35.5. The van der Waals surface area contributed by atoms with Crippen molar-refractivity contribution >= 4 is 81.4 Å². The first-order chi connectivity index (χ1) is 18.2. The summed E-state index contributed by atoms with van der Waals surface area (Å²) in [6.45, 7) is 4.50. The zero-order valence-corrected chi connectivity index (χ0v) is 23.6. The van der Waals surface area contributed by atoms with Crippen molar-refractivity contribution in [3.8, 4) is 11.3 Å². The van der Waals surface area contributed by atoms with E-state index in [1.165, 1.54) is 12.2 Å². The molecule has 1 saturated heterocycles. The van der Waals surface area contributed by atoms with Crippen molar-refractivity contribution in [2.75, 3.05) is 36.4 Å². The molecule has 2 heterocycles. The number of nitrogens with one attached hydrogen (secondary N) is 2. The summed E-state index contributed by atoms with van der Waals surface area (Å²) in [5.74, 6) is 0.742. The Morgan fingerprint density at radius 3 is 2.42 bits per heavy atom. The zero-order chi connectivity index (χ0) is 27.2. The van der Waals surface area contributed by atoms with Gasteiger partial charge in [-0.1, -0.05) is 41.7 Å². The van der Waals surface area contributed by atoms with Gasteiger partial charge in [-0.25, -0.2) is 0 Å². The lowest BCUT2D eigenvalue weighted by atomic mass is 10.2. The van der Waals surface area contributed by atoms with Crippen LogP contribution in [0.2, 0.25) is 15.1 Å². The van der Waals surface area contributed by atoms with Crippen LogP contribution in [0.4, 0.5) is 11.4 Å². The molecule has 1 aliphatic heterocycles. The maximum Gasteiger partial charge on any atom is 0.250 e. The normalized spacial score (nSPS) is 13.6. The number of hydrogen-bond donors (Lipinski definition) is 2. The van der Waals surface area contributed by atoms with Gasteiger partial charge in [0.15, 0.2) is 5.11 Å². The van der Waals surface area contributed by atoms with E-state index in [9.17, 15) is 9.59 Å². The average molecular weight is 592 g/mol. The summed E-state index contributed by atoms with van der Waals surface area (Å²) in [5, 5.41) is 7.35. The summed E-state index contributed by atoms with van der Waals surface area (Å²) in [7, 11) is 0. The topological polar surface area (TPSA) is 77.8 Å². The summed E-state index contributed by atoms with van der Waals surface area (Å²) in [5.41, 5.74) is 2.24. The zero-order valence-electron chi connectivity index (χ0n) is 20.5. The molecule has 3 aromatic rings. The lowest BCUT2D eigenvalue weighted by Crippen LogP contribution is -2.48. The summed E-state index contributed by atoms with van der Waals surface area (Å²) in [6, 6.07) is 14.1. The number of amides is 2. The molecule has 1 aliphatic rings. The van der Waals surface area contributed by atoms with Crippen LogP contribution in [0.25, 0.3) is 17.4 Å². The molecule has 0 bridgehead atoms. The minimum absolute atomic E-state index is 0.121. The summed E-state index contributed by atoms with van der Waals surface area (Å²) in [4.78, 5) is 28.5. The standard InChI is InChI=1S/C27H25Cl3N4O3S/c1-2-26(36)34-13-11-33(12-14-34)23-8-4-18(29)16-22(23)31-27(38)32-25(35)10-6-19-5-9-24(37-19)20-7-3-17(28)15-21(20)30/h3-10,15-16H,2,11-14H2,1H3,(H2,31,32,35,38)/b10-6+. The van der Waals surface area contributed by atoms with Gasteiger partial charge in [0.2, 0.25) is 11.8 Å². The van der Waals surface area contributed by atoms with Gasteiger partial charge in [-0.2, -0.15) is 0 Å². The molecule has 0 saturated carbocycles. The van der Waals surface area contributed by atoms with Crippen molar-refractivity contribution in [3.05, 3.63) is 75.4 Å². The lowest BCUT2D eigenvalue weighted by molar-refractivity contribution is -0.131. The molecule has 0 radical (unpaired) electrons. The Kier molecular flexibility index (Phi) is 9.33. The van der Waals surface area contributed by atoms with Crippen molar-refractivity contribution in [3.63, 3.8) is 0 Å². The molecule has 198 valence electrons. The van der Waals surface area contributed by atoms with Crippen LogP contribution in [0.3, 0.4) is 0 Å². The van der Waals surface area contributed by atoms with Crippen molar-refractivity contribution in [1.82, 2.24) is 10.2 Å². The Bertz CT molecular complexity index is 1380. The van der Waals surface area contributed by atoms with E-state index in [-0.39, 0.29) is 11.0 Å². The predicted octanol–water partition coefficient (Wildman–Crippen LogP) is 6.49. The number of furan rings is 1. The second-order valence-corrected chi connectivity index (χ2v) is 10.2. The third-order valence-electron chi connectivity index (χ3n) is 5.94. The highest BCUT2D eigenvalue weighted by molar-refractivity contribution is 7.80. The molecule has 0 atom stereocenters. The summed E-state index contributed by atoms with van der Waals surface area (Å²) in [6.07, 6.45) is 3.35. The second-order valence-electron chi connectivity index (χ2n) is 8.49. The smallest absolute Gasteiger partial charge is 0.250 e. The van der Waals surface area contributed by atoms with E-state index in [1.807, 2.05) is 17.9 Å². The van der Waals surface area contributed by atoms with Gasteiger partial charge >= 0.3 is 0 Å². The molecule has 7 nitrogen and oxygen atoms in total. The van der Waals surface area contributed by atoms with Gasteiger partial charge in [-0.3, -0.25) is 14.9 Å². The van der Waals surface area contributed by atoms with Gasteiger partial charge in [0.05, 0.1) is 16.4 Å². The number of nitrogens with zero attached hydrogens (tertiary/aromatic N) is 2. The quantitative estimate of drug-likeness (QED) is 0.252. The van der Waals surface area contributed by atoms with Gasteiger partial charge in [0.25, 0.3) is 0 Å². The first kappa shape index (κ1) is 28.0. The average Bonchev–Trinajstić information content (AvgIpc) is 3.36. The molecular formula is C27H25Cl3N4O3S. The summed E-state index contributed by atoms with van der Waals surface area (Å²) >= 11 is 23.8. The fraction of sp³-hybridized carbons (Fsp3) is 0.222. The first-order valence-electron chi connectivity index (χ1n) is 11.9. The van der Waals surface area contributed by atoms with E-state index in [2.05, 4.69) is 15.5 Å². The molecule has 0 unspecified atom stereocenters. The number of benzene rings is 2. The molecular weight excluding hydrogens is 567 g/mol. The molecule has 4 rings (SSSR count). The van der Waals surface area contributed by atoms with E-state index in [0.717, 1.165) is 5.69 Å². The number of piperazine rings is 1. The van der Waals surface area contributed by atoms with Crippen LogP contribution < -0.4 is 15.5 Å². The van der Waals surface area contributed by atoms with Crippen LogP contribution in [0.1, 0.15) is 19.1 Å². The minimum atomic E-state index is -0.430. The van der Waals surface area contributed by atoms with Gasteiger partial charge in [-0.15, -0.1) is 0 Å². The number of carbonyl (C=O) groups excluding carboxylic acids is 2. The van der Waals surface area contributed by atoms with Crippen LogP contribution in [0, 0.1) is 0 Å². The van der Waals surface area contributed by atoms with Crippen molar-refractivity contribution in [2.24, 2.45) is 0 Å². The monoisotopic (exact) mass is 590 g/mol. The Hall–Kier alpha value is -3.04. The Morgan fingerprint density at radius 2 is 1.71 bits per heavy atom. The molecule has 0 spiro atoms. The highest BCUT2D eigenvalue weighted by Gasteiger charge is 2.22. The van der Waals surface area contributed by atoms with Crippen LogP contribution in [0.15, 0.2) is 59.0 Å². The van der Waals surface area contributed by atoms with Crippen molar-refractivity contribution < 1.29 is 14.0 Å². The van der Waals surface area contributed by atoms with Gasteiger partial charge in [0, 0.05) is 54.3 Å². The number of hydrogen-bond acceptors (Lipinski definition) is 5. The SMILES string of the molecule is CCC(=O)N1CCN(c2ccc(Cl)cc2NC(=S)NC(=O)/C=C/c2ccc(-c3ccc(Cl)cc3Cl)o2)CC1. The highest BCUT2D eigenvalue weighted by Crippen LogP contribution is 2.32. The molecule has 38 heavy (non-hydrogen) atoms. The van der Waals surface area contributed by atoms with Crippen LogP contribution in [0.5, 0.6) is 0 Å². The van der Waals surface area contributed by atoms with E-state index in [0.29, 0.717) is 70.4 Å². The molecule has 1 fully saturated rings. The molecule has 0 aliphatic carbocycles. The molecule has 11 heteroatoms. The van der Waals surface area contributed by atoms with E-state index in [4.69, 9.17) is 51.4 Å². The largest absolute Gasteiger partial charge is 0.457 e. The molecule has 2 N–H and O–H groups in total. The summed E-state index contributed by atoms with van der Waals surface area (Å²) < 4.78 is 5.78. The number of anilines is 2. The number of halogens is 3. The van der Waals surface area contributed by atoms with Gasteiger partial charge < -0.3 is 19.5 Å². The molecule has 2 amide bonds. The Balaban J connectivity index is 1.36. The minimum Gasteiger partial charge on any atom is -0.457 e. The Morgan fingerprint density at radius 1 is 1.00 bits per heavy atom. The van der Waals surface area contributed by atoms with Crippen molar-refractivity contribution in [1.29, 1.82) is 0 Å². The number of thiocarbonyl (C=S) groups is 1. The van der Waals surface area contributed by atoms with Crippen LogP contribution >= 0.6 is 47.0 Å². The van der Waals surface area contributed by atoms with Gasteiger partial charge in [0.1, 0.15) is 11.5 Å². The van der Waals surface area contributed by atoms with E-state index >= 15 is 0 Å². The van der Waals surface area contributed by atoms with E-state index < -0.39 is 5.91 Å². The fourth-order valence-electron chi connectivity index (χ4n) is 4.05. The third kappa shape index (κ3) is 7.08. The molecule has 1 aromatic heterocycles. The number of rotatable bonds is 6. The predicted molar refractivity (Wildman–Crippen MR) is 158 cm³/mol. The second kappa shape index (κ2) is 12.7. The fourth-order valence-corrected chi connectivity index (χ4v) is 4.93. The molecule has 2 aromatic carbocycles. The third-order valence-corrected chi connectivity index (χ3v) is 6.93. The number of carbonyl (C=O) groups is 2. The maximum absolute atomic E-state index is 12.5. The Labute approximate surface area is 241 Å². The lowest BCUT2D eigenvalue weighted by Gasteiger charge is -2.37.